The highest BCUT2D eigenvalue weighted by molar-refractivity contribution is 6.30. The van der Waals surface area contributed by atoms with E-state index < -0.39 is 5.97 Å². The molecule has 0 unspecified atom stereocenters. The Hall–Kier alpha value is -3.18. The molecule has 2 heterocycles. The van der Waals surface area contributed by atoms with Crippen molar-refractivity contribution in [3.8, 4) is 0 Å². The van der Waals surface area contributed by atoms with Gasteiger partial charge in [0.1, 0.15) is 17.3 Å². The minimum absolute atomic E-state index is 0.0773. The van der Waals surface area contributed by atoms with Gasteiger partial charge in [0.2, 0.25) is 5.76 Å². The number of pyridine rings is 1. The molecule has 0 aliphatic carbocycles. The van der Waals surface area contributed by atoms with Crippen LogP contribution in [0.2, 0.25) is 5.15 Å². The lowest BCUT2D eigenvalue weighted by atomic mass is 10.2. The van der Waals surface area contributed by atoms with Crippen molar-refractivity contribution in [2.45, 2.75) is 6.61 Å². The van der Waals surface area contributed by atoms with Crippen LogP contribution in [-0.2, 0) is 11.3 Å². The topological polar surface area (TPSA) is 69.4 Å². The van der Waals surface area contributed by atoms with E-state index in [1.165, 1.54) is 0 Å². The first-order valence-corrected chi connectivity index (χ1v) is 8.24. The van der Waals surface area contributed by atoms with Gasteiger partial charge in [0, 0.05) is 17.0 Å². The van der Waals surface area contributed by atoms with Crippen molar-refractivity contribution in [3.63, 3.8) is 0 Å². The number of ether oxygens (including phenoxy) is 1. The van der Waals surface area contributed by atoms with Gasteiger partial charge in [-0.2, -0.15) is 0 Å². The zero-order chi connectivity index (χ0) is 18.1. The number of hydrogen-bond donors (Lipinski definition) is 0. The Kier molecular flexibility index (Phi) is 4.14. The maximum Gasteiger partial charge on any atom is 0.374 e. The molecule has 0 aliphatic heterocycles. The van der Waals surface area contributed by atoms with E-state index >= 15 is 0 Å². The van der Waals surface area contributed by atoms with Gasteiger partial charge in [-0.25, -0.2) is 9.78 Å². The summed E-state index contributed by atoms with van der Waals surface area (Å²) in [5, 5.41) is 1.56. The van der Waals surface area contributed by atoms with Crippen LogP contribution in [0, 0.1) is 0 Å². The molecule has 0 amide bonds. The summed E-state index contributed by atoms with van der Waals surface area (Å²) in [6.45, 7) is -0.0773. The predicted molar refractivity (Wildman–Crippen MR) is 98.4 cm³/mol. The molecule has 0 bridgehead atoms. The summed E-state index contributed by atoms with van der Waals surface area (Å²) in [6.07, 6.45) is 0. The van der Waals surface area contributed by atoms with E-state index in [9.17, 15) is 9.59 Å². The Morgan fingerprint density at radius 2 is 1.85 bits per heavy atom. The van der Waals surface area contributed by atoms with Crippen LogP contribution in [0.1, 0.15) is 16.1 Å². The fourth-order valence-corrected chi connectivity index (χ4v) is 2.86. The van der Waals surface area contributed by atoms with E-state index in [2.05, 4.69) is 4.98 Å². The second kappa shape index (κ2) is 6.61. The van der Waals surface area contributed by atoms with Gasteiger partial charge in [-0.15, -0.1) is 0 Å². The van der Waals surface area contributed by atoms with Gasteiger partial charge in [0.25, 0.3) is 0 Å². The van der Waals surface area contributed by atoms with Crippen LogP contribution in [0.3, 0.4) is 0 Å². The fraction of sp³-hybridized carbons (Fsp3) is 0.0500. The molecule has 2 aromatic carbocycles. The smallest absolute Gasteiger partial charge is 0.374 e. The quantitative estimate of drug-likeness (QED) is 0.398. The Bertz CT molecular complexity index is 1200. The second-order valence-electron chi connectivity index (χ2n) is 5.68. The van der Waals surface area contributed by atoms with Crippen molar-refractivity contribution in [2.24, 2.45) is 0 Å². The molecule has 0 saturated carbocycles. The van der Waals surface area contributed by atoms with Gasteiger partial charge in [0.15, 0.2) is 5.43 Å². The molecule has 0 aliphatic rings. The molecular formula is C20H12ClNO4. The minimum atomic E-state index is -0.739. The maximum atomic E-state index is 12.3. The first-order chi connectivity index (χ1) is 12.6. The molecular weight excluding hydrogens is 354 g/mol. The summed E-state index contributed by atoms with van der Waals surface area (Å²) in [4.78, 5) is 28.6. The van der Waals surface area contributed by atoms with Crippen LogP contribution >= 0.6 is 11.6 Å². The SMILES string of the molecule is O=C(OCc1cc2ccccc2nc1Cl)c1cc(=O)c2ccccc2o1. The highest BCUT2D eigenvalue weighted by atomic mass is 35.5. The molecule has 5 nitrogen and oxygen atoms in total. The number of nitrogens with zero attached hydrogens (tertiary/aromatic N) is 1. The zero-order valence-electron chi connectivity index (χ0n) is 13.4. The Morgan fingerprint density at radius 1 is 1.08 bits per heavy atom. The number of aromatic nitrogens is 1. The van der Waals surface area contributed by atoms with E-state index in [4.69, 9.17) is 20.8 Å². The third-order valence-corrected chi connectivity index (χ3v) is 4.27. The van der Waals surface area contributed by atoms with Gasteiger partial charge in [-0.3, -0.25) is 4.79 Å². The summed E-state index contributed by atoms with van der Waals surface area (Å²) in [5.74, 6) is -0.893. The number of fused-ring (bicyclic) bond motifs is 2. The summed E-state index contributed by atoms with van der Waals surface area (Å²) in [6, 6.07) is 17.2. The number of rotatable bonds is 3. The Morgan fingerprint density at radius 3 is 2.73 bits per heavy atom. The summed E-state index contributed by atoms with van der Waals surface area (Å²) < 4.78 is 10.7. The van der Waals surface area contributed by atoms with E-state index in [-0.39, 0.29) is 22.9 Å². The van der Waals surface area contributed by atoms with Crippen molar-refractivity contribution >= 4 is 39.4 Å². The Labute approximate surface area is 152 Å². The first kappa shape index (κ1) is 16.3. The monoisotopic (exact) mass is 365 g/mol. The van der Waals surface area contributed by atoms with E-state index in [0.29, 0.717) is 16.5 Å². The number of benzene rings is 2. The van der Waals surface area contributed by atoms with Crippen molar-refractivity contribution in [3.05, 3.63) is 87.4 Å². The average Bonchev–Trinajstić information content (AvgIpc) is 2.66. The largest absolute Gasteiger partial charge is 0.455 e. The maximum absolute atomic E-state index is 12.3. The molecule has 0 N–H and O–H groups in total. The van der Waals surface area contributed by atoms with Gasteiger partial charge < -0.3 is 9.15 Å². The molecule has 0 atom stereocenters. The van der Waals surface area contributed by atoms with Crippen molar-refractivity contribution in [1.29, 1.82) is 0 Å². The third-order valence-electron chi connectivity index (χ3n) is 3.94. The van der Waals surface area contributed by atoms with Gasteiger partial charge in [-0.1, -0.05) is 41.9 Å². The molecule has 26 heavy (non-hydrogen) atoms. The molecule has 4 rings (SSSR count). The second-order valence-corrected chi connectivity index (χ2v) is 6.04. The van der Waals surface area contributed by atoms with E-state index in [1.54, 1.807) is 24.3 Å². The van der Waals surface area contributed by atoms with E-state index in [0.717, 1.165) is 17.0 Å². The van der Waals surface area contributed by atoms with Crippen LogP contribution in [0.5, 0.6) is 0 Å². The molecule has 4 aromatic rings. The first-order valence-electron chi connectivity index (χ1n) is 7.86. The molecule has 0 saturated heterocycles. The van der Waals surface area contributed by atoms with Gasteiger partial charge in [0.05, 0.1) is 10.9 Å². The fourth-order valence-electron chi connectivity index (χ4n) is 2.66. The number of halogens is 1. The van der Waals surface area contributed by atoms with Crippen molar-refractivity contribution in [2.75, 3.05) is 0 Å². The lowest BCUT2D eigenvalue weighted by Crippen LogP contribution is -2.10. The van der Waals surface area contributed by atoms with Crippen LogP contribution in [-0.4, -0.2) is 11.0 Å². The molecule has 128 valence electrons. The van der Waals surface area contributed by atoms with Crippen LogP contribution in [0.4, 0.5) is 0 Å². The molecule has 0 spiro atoms. The summed E-state index contributed by atoms with van der Waals surface area (Å²) in [7, 11) is 0. The third kappa shape index (κ3) is 3.05. The predicted octanol–water partition coefficient (Wildman–Crippen LogP) is 4.35. The summed E-state index contributed by atoms with van der Waals surface area (Å²) >= 11 is 6.16. The average molecular weight is 366 g/mol. The lowest BCUT2D eigenvalue weighted by Gasteiger charge is -2.08. The minimum Gasteiger partial charge on any atom is -0.455 e. The number of para-hydroxylation sites is 2. The number of hydrogen-bond acceptors (Lipinski definition) is 5. The van der Waals surface area contributed by atoms with Crippen LogP contribution in [0.25, 0.3) is 21.9 Å². The van der Waals surface area contributed by atoms with Gasteiger partial charge in [-0.05, 0) is 24.3 Å². The highest BCUT2D eigenvalue weighted by Gasteiger charge is 2.15. The zero-order valence-corrected chi connectivity index (χ0v) is 14.2. The number of carbonyl (C=O) groups excluding carboxylic acids is 1. The molecule has 2 aromatic heterocycles. The standard InChI is InChI=1S/C20H12ClNO4/c21-19-13(9-12-5-1-3-7-15(12)22-19)11-25-20(24)18-10-16(23)14-6-2-4-8-17(14)26-18/h1-10H,11H2. The number of carbonyl (C=O) groups is 1. The van der Waals surface area contributed by atoms with Crippen molar-refractivity contribution < 1.29 is 13.9 Å². The lowest BCUT2D eigenvalue weighted by molar-refractivity contribution is 0.0436. The van der Waals surface area contributed by atoms with Crippen LogP contribution < -0.4 is 5.43 Å². The summed E-state index contributed by atoms with van der Waals surface area (Å²) in [5.41, 5.74) is 1.36. The number of esters is 1. The van der Waals surface area contributed by atoms with Crippen molar-refractivity contribution in [1.82, 2.24) is 4.98 Å². The van der Waals surface area contributed by atoms with Crippen LogP contribution in [0.15, 0.2) is 69.9 Å². The van der Waals surface area contributed by atoms with E-state index in [1.807, 2.05) is 30.3 Å². The normalized spacial score (nSPS) is 11.0. The highest BCUT2D eigenvalue weighted by Crippen LogP contribution is 2.21. The Balaban J connectivity index is 1.59. The molecule has 6 heteroatoms. The molecule has 0 radical (unpaired) electrons. The molecule has 0 fully saturated rings. The van der Waals surface area contributed by atoms with Gasteiger partial charge >= 0.3 is 5.97 Å².